The number of nitrogens with two attached hydrogens (primary N) is 1. The van der Waals surface area contributed by atoms with Crippen molar-refractivity contribution in [1.82, 2.24) is 0 Å². The molecule has 0 aliphatic heterocycles. The van der Waals surface area contributed by atoms with E-state index in [2.05, 4.69) is 13.8 Å². The van der Waals surface area contributed by atoms with Gasteiger partial charge in [0.2, 0.25) is 0 Å². The zero-order valence-corrected chi connectivity index (χ0v) is 6.43. The molecule has 1 nitrogen and oxygen atoms in total. The molecule has 0 aromatic rings. The zero-order chi connectivity index (χ0) is 6.85. The SMILES string of the molecule is CC1CC(N)C[C@@H](C)C1. The summed E-state index contributed by atoms with van der Waals surface area (Å²) in [6.45, 7) is 4.60. The first kappa shape index (κ1) is 7.07. The van der Waals surface area contributed by atoms with Crippen molar-refractivity contribution in [2.45, 2.75) is 39.2 Å². The summed E-state index contributed by atoms with van der Waals surface area (Å²) in [5.41, 5.74) is 5.82. The lowest BCUT2D eigenvalue weighted by Gasteiger charge is -2.28. The van der Waals surface area contributed by atoms with E-state index < -0.39 is 0 Å². The van der Waals surface area contributed by atoms with Gasteiger partial charge in [0.05, 0.1) is 0 Å². The van der Waals surface area contributed by atoms with E-state index in [-0.39, 0.29) is 0 Å². The fourth-order valence-electron chi connectivity index (χ4n) is 2.01. The summed E-state index contributed by atoms with van der Waals surface area (Å²) in [5.74, 6) is 1.73. The van der Waals surface area contributed by atoms with Crippen LogP contribution in [0.5, 0.6) is 0 Å². The number of rotatable bonds is 0. The Morgan fingerprint density at radius 2 is 1.44 bits per heavy atom. The van der Waals surface area contributed by atoms with Crippen molar-refractivity contribution in [3.05, 3.63) is 0 Å². The highest BCUT2D eigenvalue weighted by Crippen LogP contribution is 2.26. The van der Waals surface area contributed by atoms with Gasteiger partial charge in [0.15, 0.2) is 0 Å². The quantitative estimate of drug-likeness (QED) is 0.527. The molecule has 1 heteroatoms. The van der Waals surface area contributed by atoms with Crippen LogP contribution < -0.4 is 5.73 Å². The summed E-state index contributed by atoms with van der Waals surface area (Å²) < 4.78 is 0. The van der Waals surface area contributed by atoms with E-state index >= 15 is 0 Å². The summed E-state index contributed by atoms with van der Waals surface area (Å²) >= 11 is 0. The molecule has 0 radical (unpaired) electrons. The van der Waals surface area contributed by atoms with Crippen molar-refractivity contribution in [3.8, 4) is 0 Å². The maximum absolute atomic E-state index is 5.82. The topological polar surface area (TPSA) is 26.0 Å². The van der Waals surface area contributed by atoms with E-state index in [1.54, 1.807) is 0 Å². The molecule has 0 amide bonds. The van der Waals surface area contributed by atoms with Crippen LogP contribution in [-0.2, 0) is 0 Å². The Morgan fingerprint density at radius 1 is 1.00 bits per heavy atom. The minimum Gasteiger partial charge on any atom is -0.328 e. The van der Waals surface area contributed by atoms with E-state index in [0.29, 0.717) is 6.04 Å². The Hall–Kier alpha value is -0.0400. The molecule has 1 rings (SSSR count). The third-order valence-corrected chi connectivity index (χ3v) is 2.21. The Morgan fingerprint density at radius 3 is 1.78 bits per heavy atom. The summed E-state index contributed by atoms with van der Waals surface area (Å²) in [6.07, 6.45) is 3.86. The van der Waals surface area contributed by atoms with Crippen LogP contribution in [0.2, 0.25) is 0 Å². The van der Waals surface area contributed by atoms with Gasteiger partial charge in [-0.3, -0.25) is 0 Å². The molecule has 3 atom stereocenters. The van der Waals surface area contributed by atoms with Gasteiger partial charge in [-0.25, -0.2) is 0 Å². The van der Waals surface area contributed by atoms with Crippen LogP contribution in [0.3, 0.4) is 0 Å². The lowest BCUT2D eigenvalue weighted by molar-refractivity contribution is 0.269. The van der Waals surface area contributed by atoms with Crippen molar-refractivity contribution in [2.75, 3.05) is 0 Å². The lowest BCUT2D eigenvalue weighted by atomic mass is 9.81. The Kier molecular flexibility index (Phi) is 2.12. The van der Waals surface area contributed by atoms with E-state index in [1.807, 2.05) is 0 Å². The molecule has 1 fully saturated rings. The molecule has 54 valence electrons. The fraction of sp³-hybridized carbons (Fsp3) is 1.00. The highest BCUT2D eigenvalue weighted by Gasteiger charge is 2.20. The first-order valence-electron chi connectivity index (χ1n) is 3.94. The fourth-order valence-corrected chi connectivity index (χ4v) is 2.01. The van der Waals surface area contributed by atoms with Gasteiger partial charge in [-0.05, 0) is 31.1 Å². The average molecular weight is 127 g/mol. The van der Waals surface area contributed by atoms with Crippen LogP contribution in [-0.4, -0.2) is 6.04 Å². The van der Waals surface area contributed by atoms with E-state index in [0.717, 1.165) is 11.8 Å². The van der Waals surface area contributed by atoms with Gasteiger partial charge in [-0.2, -0.15) is 0 Å². The lowest BCUT2D eigenvalue weighted by Crippen LogP contribution is -2.30. The molecule has 0 heterocycles. The predicted octanol–water partition coefficient (Wildman–Crippen LogP) is 1.77. The minimum absolute atomic E-state index is 0.490. The van der Waals surface area contributed by atoms with Crippen LogP contribution in [0, 0.1) is 11.8 Å². The molecule has 0 aromatic heterocycles. The van der Waals surface area contributed by atoms with Gasteiger partial charge in [0, 0.05) is 6.04 Å². The maximum atomic E-state index is 5.82. The summed E-state index contributed by atoms with van der Waals surface area (Å²) in [6, 6.07) is 0.490. The maximum Gasteiger partial charge on any atom is 0.00439 e. The molecular weight excluding hydrogens is 110 g/mol. The van der Waals surface area contributed by atoms with Crippen LogP contribution in [0.25, 0.3) is 0 Å². The predicted molar refractivity (Wildman–Crippen MR) is 40.2 cm³/mol. The Balaban J connectivity index is 2.34. The Bertz CT molecular complexity index is 65.5. The van der Waals surface area contributed by atoms with E-state index in [1.165, 1.54) is 19.3 Å². The molecule has 0 spiro atoms. The second-order valence-corrected chi connectivity index (χ2v) is 3.68. The van der Waals surface area contributed by atoms with Crippen molar-refractivity contribution in [3.63, 3.8) is 0 Å². The van der Waals surface area contributed by atoms with Crippen LogP contribution in [0.15, 0.2) is 0 Å². The molecule has 1 aliphatic rings. The average Bonchev–Trinajstić information content (AvgIpc) is 1.59. The largest absolute Gasteiger partial charge is 0.328 e. The molecule has 2 N–H and O–H groups in total. The molecule has 1 aliphatic carbocycles. The first-order valence-corrected chi connectivity index (χ1v) is 3.94. The van der Waals surface area contributed by atoms with Crippen LogP contribution in [0.4, 0.5) is 0 Å². The van der Waals surface area contributed by atoms with Gasteiger partial charge in [-0.15, -0.1) is 0 Å². The van der Waals surface area contributed by atoms with Gasteiger partial charge in [0.25, 0.3) is 0 Å². The van der Waals surface area contributed by atoms with Gasteiger partial charge in [0.1, 0.15) is 0 Å². The van der Waals surface area contributed by atoms with Gasteiger partial charge < -0.3 is 5.73 Å². The third-order valence-electron chi connectivity index (χ3n) is 2.21. The number of hydrogen-bond acceptors (Lipinski definition) is 1. The monoisotopic (exact) mass is 127 g/mol. The van der Waals surface area contributed by atoms with Crippen molar-refractivity contribution < 1.29 is 0 Å². The minimum atomic E-state index is 0.490. The highest BCUT2D eigenvalue weighted by atomic mass is 14.6. The molecule has 2 unspecified atom stereocenters. The van der Waals surface area contributed by atoms with Gasteiger partial charge in [-0.1, -0.05) is 13.8 Å². The van der Waals surface area contributed by atoms with Gasteiger partial charge >= 0.3 is 0 Å². The summed E-state index contributed by atoms with van der Waals surface area (Å²) in [5, 5.41) is 0. The highest BCUT2D eigenvalue weighted by molar-refractivity contribution is 4.76. The van der Waals surface area contributed by atoms with E-state index in [9.17, 15) is 0 Å². The second-order valence-electron chi connectivity index (χ2n) is 3.68. The third kappa shape index (κ3) is 1.98. The zero-order valence-electron chi connectivity index (χ0n) is 6.43. The van der Waals surface area contributed by atoms with Crippen LogP contribution >= 0.6 is 0 Å². The van der Waals surface area contributed by atoms with E-state index in [4.69, 9.17) is 5.73 Å². The standard InChI is InChI=1S/C8H17N/c1-6-3-7(2)5-8(9)4-6/h6-8H,3-5,9H2,1-2H3/t6-,7?,8?/m0/s1. The summed E-state index contributed by atoms with van der Waals surface area (Å²) in [7, 11) is 0. The second kappa shape index (κ2) is 2.70. The molecule has 9 heavy (non-hydrogen) atoms. The van der Waals surface area contributed by atoms with Crippen molar-refractivity contribution >= 4 is 0 Å². The molecule has 0 saturated heterocycles. The molecule has 0 bridgehead atoms. The summed E-state index contributed by atoms with van der Waals surface area (Å²) in [4.78, 5) is 0. The smallest absolute Gasteiger partial charge is 0.00439 e. The molecular formula is C8H17N. The van der Waals surface area contributed by atoms with Crippen LogP contribution in [0.1, 0.15) is 33.1 Å². The van der Waals surface area contributed by atoms with Crippen molar-refractivity contribution in [1.29, 1.82) is 0 Å². The van der Waals surface area contributed by atoms with Crippen molar-refractivity contribution in [2.24, 2.45) is 17.6 Å². The number of hydrogen-bond donors (Lipinski definition) is 1. The molecule has 0 aromatic carbocycles. The Labute approximate surface area is 57.6 Å². The molecule has 1 saturated carbocycles. The first-order chi connectivity index (χ1) is 4.18. The normalized spacial score (nSPS) is 45.0.